The van der Waals surface area contributed by atoms with Crippen LogP contribution in [0.5, 0.6) is 0 Å². The molecule has 1 aromatic heterocycles. The molecule has 1 unspecified atom stereocenters. The summed E-state index contributed by atoms with van der Waals surface area (Å²) in [4.78, 5) is 46.4. The van der Waals surface area contributed by atoms with Crippen LogP contribution in [0, 0.1) is 0 Å². The highest BCUT2D eigenvalue weighted by Gasteiger charge is 2.23. The summed E-state index contributed by atoms with van der Waals surface area (Å²) in [5, 5.41) is 2.96. The number of methoxy groups -OCH3 is 1. The van der Waals surface area contributed by atoms with Crippen LogP contribution in [0.2, 0.25) is 10.0 Å². The van der Waals surface area contributed by atoms with Gasteiger partial charge in [-0.05, 0) is 42.3 Å². The largest absolute Gasteiger partial charge is 0.467 e. The summed E-state index contributed by atoms with van der Waals surface area (Å²) in [5.74, 6) is -1.39. The number of aromatic nitrogens is 2. The summed E-state index contributed by atoms with van der Waals surface area (Å²) in [6.07, 6.45) is 6.82. The van der Waals surface area contributed by atoms with Crippen LogP contribution < -0.4 is 16.0 Å². The van der Waals surface area contributed by atoms with Gasteiger partial charge >= 0.3 is 5.97 Å². The summed E-state index contributed by atoms with van der Waals surface area (Å²) in [6, 6.07) is 12.6. The number of anilines is 2. The topological polar surface area (TPSA) is 128 Å². The number of carbonyl (C=O) groups excluding carboxylic acids is 3. The van der Waals surface area contributed by atoms with E-state index in [9.17, 15) is 14.4 Å². The van der Waals surface area contributed by atoms with Gasteiger partial charge in [0, 0.05) is 18.1 Å². The zero-order chi connectivity index (χ0) is 26.1. The maximum atomic E-state index is 12.7. The Hall–Kier alpha value is -3.95. The molecule has 0 aliphatic rings. The van der Waals surface area contributed by atoms with Crippen LogP contribution in [-0.4, -0.2) is 47.4 Å². The predicted molar refractivity (Wildman–Crippen MR) is 138 cm³/mol. The van der Waals surface area contributed by atoms with Crippen molar-refractivity contribution < 1.29 is 19.1 Å². The Balaban J connectivity index is 1.71. The third-order valence-corrected chi connectivity index (χ3v) is 5.61. The first-order valence-corrected chi connectivity index (χ1v) is 11.5. The number of nitrogens with one attached hydrogen (secondary N) is 1. The molecule has 0 aliphatic heterocycles. The highest BCUT2D eigenvalue weighted by Crippen LogP contribution is 2.25. The highest BCUT2D eigenvalue weighted by atomic mass is 35.5. The molecule has 186 valence electrons. The number of primary amides is 1. The van der Waals surface area contributed by atoms with Gasteiger partial charge in [-0.25, -0.2) is 14.8 Å². The summed E-state index contributed by atoms with van der Waals surface area (Å²) >= 11 is 12.2. The van der Waals surface area contributed by atoms with Crippen LogP contribution in [0.1, 0.15) is 22.3 Å². The Labute approximate surface area is 217 Å². The van der Waals surface area contributed by atoms with E-state index in [1.807, 2.05) is 12.1 Å². The molecule has 0 aliphatic carbocycles. The SMILES string of the molecule is COC(=O)C(C/C=C/c1ccc(N(CC(N)=O)c2ncccn2)cc1)NC(=O)c1c(Cl)cccc1Cl. The van der Waals surface area contributed by atoms with Gasteiger partial charge in [0.2, 0.25) is 11.9 Å². The van der Waals surface area contributed by atoms with Crippen molar-refractivity contribution in [2.45, 2.75) is 12.5 Å². The summed E-state index contributed by atoms with van der Waals surface area (Å²) in [5.41, 5.74) is 6.96. The number of esters is 1. The number of nitrogens with zero attached hydrogens (tertiary/aromatic N) is 3. The lowest BCUT2D eigenvalue weighted by Crippen LogP contribution is -2.41. The van der Waals surface area contributed by atoms with Crippen molar-refractivity contribution in [3.8, 4) is 0 Å². The van der Waals surface area contributed by atoms with E-state index in [0.29, 0.717) is 11.6 Å². The second kappa shape index (κ2) is 12.7. The maximum Gasteiger partial charge on any atom is 0.328 e. The van der Waals surface area contributed by atoms with Crippen molar-refractivity contribution in [3.63, 3.8) is 0 Å². The van der Waals surface area contributed by atoms with E-state index in [-0.39, 0.29) is 28.6 Å². The van der Waals surface area contributed by atoms with Gasteiger partial charge in [-0.2, -0.15) is 0 Å². The number of carbonyl (C=O) groups is 3. The number of rotatable bonds is 10. The van der Waals surface area contributed by atoms with Crippen molar-refractivity contribution >= 4 is 58.7 Å². The standard InChI is InChI=1S/C25H23Cl2N5O4/c1-36-24(35)20(31-23(34)22-18(26)6-3-7-19(22)27)8-2-5-16-9-11-17(12-10-16)32(15-21(28)33)25-29-13-4-14-30-25/h2-7,9-14,20H,8,15H2,1H3,(H2,28,33)(H,31,34)/b5-2+. The molecule has 0 saturated heterocycles. The van der Waals surface area contributed by atoms with Crippen LogP contribution in [0.4, 0.5) is 11.6 Å². The highest BCUT2D eigenvalue weighted by molar-refractivity contribution is 6.39. The molecule has 1 atom stereocenters. The molecule has 3 rings (SSSR count). The minimum atomic E-state index is -0.952. The molecule has 0 saturated carbocycles. The summed E-state index contributed by atoms with van der Waals surface area (Å²) in [7, 11) is 1.24. The maximum absolute atomic E-state index is 12.7. The molecule has 36 heavy (non-hydrogen) atoms. The molecule has 0 radical (unpaired) electrons. The average molecular weight is 528 g/mol. The minimum absolute atomic E-state index is 0.0808. The van der Waals surface area contributed by atoms with E-state index in [0.717, 1.165) is 5.56 Å². The van der Waals surface area contributed by atoms with E-state index in [2.05, 4.69) is 15.3 Å². The molecular weight excluding hydrogens is 505 g/mol. The molecule has 2 aromatic carbocycles. The monoisotopic (exact) mass is 527 g/mol. The number of nitrogens with two attached hydrogens (primary N) is 1. The van der Waals surface area contributed by atoms with E-state index in [1.165, 1.54) is 19.2 Å². The molecule has 3 N–H and O–H groups in total. The predicted octanol–water partition coefficient (Wildman–Crippen LogP) is 3.78. The van der Waals surface area contributed by atoms with Crippen LogP contribution in [-0.2, 0) is 14.3 Å². The number of benzene rings is 2. The van der Waals surface area contributed by atoms with Gasteiger partial charge in [-0.3, -0.25) is 9.59 Å². The zero-order valence-electron chi connectivity index (χ0n) is 19.2. The second-order valence-corrected chi connectivity index (χ2v) is 8.29. The Bertz CT molecular complexity index is 1230. The van der Waals surface area contributed by atoms with Crippen molar-refractivity contribution in [1.29, 1.82) is 0 Å². The third-order valence-electron chi connectivity index (χ3n) is 4.98. The second-order valence-electron chi connectivity index (χ2n) is 7.48. The average Bonchev–Trinajstić information content (AvgIpc) is 2.87. The Morgan fingerprint density at radius 2 is 1.69 bits per heavy atom. The fraction of sp³-hybridized carbons (Fsp3) is 0.160. The number of halogens is 2. The number of ether oxygens (including phenoxy) is 1. The van der Waals surface area contributed by atoms with Crippen molar-refractivity contribution in [3.05, 3.63) is 88.2 Å². The van der Waals surface area contributed by atoms with Crippen molar-refractivity contribution in [2.24, 2.45) is 5.73 Å². The van der Waals surface area contributed by atoms with E-state index in [1.54, 1.807) is 53.7 Å². The van der Waals surface area contributed by atoms with E-state index in [4.69, 9.17) is 33.7 Å². The normalized spacial score (nSPS) is 11.6. The molecule has 9 nitrogen and oxygen atoms in total. The number of hydrogen-bond acceptors (Lipinski definition) is 7. The molecule has 2 amide bonds. The molecule has 0 fully saturated rings. The molecule has 1 heterocycles. The first-order valence-electron chi connectivity index (χ1n) is 10.7. The summed E-state index contributed by atoms with van der Waals surface area (Å²) < 4.78 is 4.82. The molecule has 0 bridgehead atoms. The van der Waals surface area contributed by atoms with E-state index < -0.39 is 23.8 Å². The van der Waals surface area contributed by atoms with Crippen molar-refractivity contribution in [2.75, 3.05) is 18.6 Å². The fourth-order valence-corrected chi connectivity index (χ4v) is 3.84. The molecular formula is C25H23Cl2N5O4. The smallest absolute Gasteiger partial charge is 0.328 e. The molecule has 3 aromatic rings. The summed E-state index contributed by atoms with van der Waals surface area (Å²) in [6.45, 7) is -0.0881. The lowest BCUT2D eigenvalue weighted by atomic mass is 10.1. The third kappa shape index (κ3) is 7.03. The van der Waals surface area contributed by atoms with Gasteiger partial charge in [0.15, 0.2) is 0 Å². The number of hydrogen-bond donors (Lipinski definition) is 2. The molecule has 0 spiro atoms. The molecule has 11 heteroatoms. The lowest BCUT2D eigenvalue weighted by Gasteiger charge is -2.21. The Morgan fingerprint density at radius 1 is 1.06 bits per heavy atom. The van der Waals surface area contributed by atoms with Gasteiger partial charge in [-0.15, -0.1) is 0 Å². The number of amides is 2. The van der Waals surface area contributed by atoms with Crippen LogP contribution in [0.15, 0.2) is 67.0 Å². The van der Waals surface area contributed by atoms with Crippen molar-refractivity contribution in [1.82, 2.24) is 15.3 Å². The fourth-order valence-electron chi connectivity index (χ4n) is 3.27. The van der Waals surface area contributed by atoms with E-state index >= 15 is 0 Å². The van der Waals surface area contributed by atoms with Gasteiger partial charge in [0.05, 0.1) is 22.7 Å². The van der Waals surface area contributed by atoms with Gasteiger partial charge in [-0.1, -0.05) is 53.6 Å². The minimum Gasteiger partial charge on any atom is -0.467 e. The van der Waals surface area contributed by atoms with Gasteiger partial charge < -0.3 is 20.7 Å². The van der Waals surface area contributed by atoms with Crippen LogP contribution >= 0.6 is 23.2 Å². The Morgan fingerprint density at radius 3 is 2.28 bits per heavy atom. The van der Waals surface area contributed by atoms with Gasteiger partial charge in [0.1, 0.15) is 12.6 Å². The quantitative estimate of drug-likeness (QED) is 0.384. The first-order chi connectivity index (χ1) is 17.3. The van der Waals surface area contributed by atoms with Crippen LogP contribution in [0.3, 0.4) is 0 Å². The van der Waals surface area contributed by atoms with Crippen LogP contribution in [0.25, 0.3) is 6.08 Å². The van der Waals surface area contributed by atoms with Gasteiger partial charge in [0.25, 0.3) is 5.91 Å². The lowest BCUT2D eigenvalue weighted by molar-refractivity contribution is -0.142. The zero-order valence-corrected chi connectivity index (χ0v) is 20.7. The Kier molecular flexibility index (Phi) is 9.38. The first kappa shape index (κ1) is 26.7.